The largest absolute Gasteiger partial charge is 0.478 e. The highest BCUT2D eigenvalue weighted by molar-refractivity contribution is 5.93. The van der Waals surface area contributed by atoms with Crippen molar-refractivity contribution in [3.05, 3.63) is 58.3 Å². The maximum Gasteiger partial charge on any atom is 0.290 e. The smallest absolute Gasteiger partial charge is 0.290 e. The Kier molecular flexibility index (Phi) is 7.00. The van der Waals surface area contributed by atoms with E-state index < -0.39 is 23.7 Å². The zero-order chi connectivity index (χ0) is 19.8. The topological polar surface area (TPSA) is 112 Å². The summed E-state index contributed by atoms with van der Waals surface area (Å²) in [6, 6.07) is 8.05. The van der Waals surface area contributed by atoms with E-state index in [0.29, 0.717) is 0 Å². The van der Waals surface area contributed by atoms with Crippen LogP contribution in [0.25, 0.3) is 0 Å². The Morgan fingerprint density at radius 3 is 2.67 bits per heavy atom. The third kappa shape index (κ3) is 5.61. The lowest BCUT2D eigenvalue weighted by molar-refractivity contribution is -0.128. The van der Waals surface area contributed by atoms with E-state index >= 15 is 0 Å². The van der Waals surface area contributed by atoms with E-state index in [-0.39, 0.29) is 30.2 Å². The number of para-hydroxylation sites is 1. The summed E-state index contributed by atoms with van der Waals surface area (Å²) < 4.78 is 24.7. The van der Waals surface area contributed by atoms with Crippen molar-refractivity contribution in [2.45, 2.75) is 19.6 Å². The number of aromatic nitrogens is 2. The van der Waals surface area contributed by atoms with Crippen LogP contribution in [0.15, 0.2) is 41.2 Å². The molecule has 1 unspecified atom stereocenters. The van der Waals surface area contributed by atoms with E-state index in [4.69, 9.17) is 9.47 Å². The van der Waals surface area contributed by atoms with E-state index in [1.54, 1.807) is 6.07 Å². The van der Waals surface area contributed by atoms with Crippen LogP contribution in [0.1, 0.15) is 17.4 Å². The molecule has 0 bridgehead atoms. The van der Waals surface area contributed by atoms with Gasteiger partial charge in [-0.1, -0.05) is 12.1 Å². The molecule has 0 spiro atoms. The molecule has 1 heterocycles. The SMILES string of the molecule is COCCn1nc(C(=O)NNC(=O)C(C)Oc2ccccc2F)ccc1=O. The Morgan fingerprint density at radius 2 is 1.96 bits per heavy atom. The summed E-state index contributed by atoms with van der Waals surface area (Å²) in [4.78, 5) is 35.7. The molecule has 0 saturated carbocycles. The molecule has 2 aromatic rings. The minimum Gasteiger partial charge on any atom is -0.478 e. The second-order valence-electron chi connectivity index (χ2n) is 5.41. The highest BCUT2D eigenvalue weighted by atomic mass is 19.1. The summed E-state index contributed by atoms with van der Waals surface area (Å²) in [6.07, 6.45) is -1.06. The van der Waals surface area contributed by atoms with Crippen LogP contribution in [0.3, 0.4) is 0 Å². The van der Waals surface area contributed by atoms with Crippen molar-refractivity contribution >= 4 is 11.8 Å². The van der Waals surface area contributed by atoms with Gasteiger partial charge in [0.25, 0.3) is 17.4 Å². The molecule has 9 nitrogen and oxygen atoms in total. The van der Waals surface area contributed by atoms with Gasteiger partial charge in [-0.3, -0.25) is 25.2 Å². The number of amides is 2. The lowest BCUT2D eigenvalue weighted by Crippen LogP contribution is -2.47. The average molecular weight is 378 g/mol. The standard InChI is InChI=1S/C17H19FN4O5/c1-11(27-14-6-4-3-5-12(14)18)16(24)19-20-17(25)13-7-8-15(23)22(21-13)9-10-26-2/h3-8,11H,9-10H2,1-2H3,(H,19,24)(H,20,25). The average Bonchev–Trinajstić information content (AvgIpc) is 2.66. The van der Waals surface area contributed by atoms with Gasteiger partial charge in [0.15, 0.2) is 23.4 Å². The zero-order valence-electron chi connectivity index (χ0n) is 14.8. The number of carbonyl (C=O) groups excluding carboxylic acids is 2. The number of hydrazine groups is 1. The first-order chi connectivity index (χ1) is 12.9. The Morgan fingerprint density at radius 1 is 1.22 bits per heavy atom. The van der Waals surface area contributed by atoms with E-state index in [1.165, 1.54) is 44.4 Å². The van der Waals surface area contributed by atoms with Crippen molar-refractivity contribution in [3.63, 3.8) is 0 Å². The second-order valence-corrected chi connectivity index (χ2v) is 5.41. The molecule has 0 aliphatic rings. The molecule has 2 amide bonds. The molecule has 27 heavy (non-hydrogen) atoms. The van der Waals surface area contributed by atoms with Gasteiger partial charge >= 0.3 is 0 Å². The molecule has 1 atom stereocenters. The molecule has 0 fully saturated rings. The summed E-state index contributed by atoms with van der Waals surface area (Å²) in [5.74, 6) is -2.12. The maximum absolute atomic E-state index is 13.5. The number of rotatable bonds is 7. The fourth-order valence-electron chi connectivity index (χ4n) is 1.98. The van der Waals surface area contributed by atoms with Crippen molar-refractivity contribution in [1.29, 1.82) is 0 Å². The van der Waals surface area contributed by atoms with Gasteiger partial charge in [-0.25, -0.2) is 9.07 Å². The predicted octanol–water partition coefficient (Wildman–Crippen LogP) is 0.257. The number of nitrogens with zero attached hydrogens (tertiary/aromatic N) is 2. The molecule has 0 aliphatic carbocycles. The van der Waals surface area contributed by atoms with Crippen molar-refractivity contribution in [2.75, 3.05) is 13.7 Å². The molecular formula is C17H19FN4O5. The molecule has 0 saturated heterocycles. The number of nitrogens with one attached hydrogen (secondary N) is 2. The number of hydrogen-bond acceptors (Lipinski definition) is 6. The quantitative estimate of drug-likeness (QED) is 0.669. The lowest BCUT2D eigenvalue weighted by atomic mass is 10.3. The number of halogens is 1. The van der Waals surface area contributed by atoms with Gasteiger partial charge in [0, 0.05) is 13.2 Å². The van der Waals surface area contributed by atoms with Gasteiger partial charge < -0.3 is 9.47 Å². The van der Waals surface area contributed by atoms with Gasteiger partial charge in [0.05, 0.1) is 13.2 Å². The van der Waals surface area contributed by atoms with Crippen molar-refractivity contribution in [3.8, 4) is 5.75 Å². The summed E-state index contributed by atoms with van der Waals surface area (Å²) in [5, 5.41) is 3.89. The Bertz CT molecular complexity index is 870. The van der Waals surface area contributed by atoms with E-state index in [2.05, 4.69) is 16.0 Å². The van der Waals surface area contributed by atoms with Gasteiger partial charge in [-0.15, -0.1) is 0 Å². The van der Waals surface area contributed by atoms with E-state index in [0.717, 1.165) is 4.68 Å². The second kappa shape index (κ2) is 9.43. The van der Waals surface area contributed by atoms with Crippen LogP contribution < -0.4 is 21.1 Å². The van der Waals surface area contributed by atoms with Crippen molar-refractivity contribution in [2.24, 2.45) is 0 Å². The first kappa shape index (κ1) is 20.0. The van der Waals surface area contributed by atoms with Gasteiger partial charge in [-0.2, -0.15) is 5.10 Å². The minimum atomic E-state index is -1.06. The number of hydrogen-bond donors (Lipinski definition) is 2. The third-order valence-electron chi connectivity index (χ3n) is 3.42. The van der Waals surface area contributed by atoms with Gasteiger partial charge in [0.2, 0.25) is 0 Å². The van der Waals surface area contributed by atoms with Crippen LogP contribution >= 0.6 is 0 Å². The fraction of sp³-hybridized carbons (Fsp3) is 0.294. The highest BCUT2D eigenvalue weighted by Crippen LogP contribution is 2.16. The number of carbonyl (C=O) groups is 2. The number of methoxy groups -OCH3 is 1. The summed E-state index contributed by atoms with van der Waals surface area (Å²) in [5.41, 5.74) is 3.86. The van der Waals surface area contributed by atoms with Crippen molar-refractivity contribution < 1.29 is 23.5 Å². The Balaban J connectivity index is 1.93. The van der Waals surface area contributed by atoms with Crippen LogP contribution in [-0.4, -0.2) is 41.4 Å². The van der Waals surface area contributed by atoms with Gasteiger partial charge in [-0.05, 0) is 25.1 Å². The van der Waals surface area contributed by atoms with Crippen LogP contribution in [-0.2, 0) is 16.1 Å². The molecule has 144 valence electrons. The van der Waals surface area contributed by atoms with E-state index in [1.807, 2.05) is 0 Å². The zero-order valence-corrected chi connectivity index (χ0v) is 14.8. The maximum atomic E-state index is 13.5. The van der Waals surface area contributed by atoms with Crippen LogP contribution in [0.4, 0.5) is 4.39 Å². The molecule has 0 radical (unpaired) electrons. The number of ether oxygens (including phenoxy) is 2. The first-order valence-electron chi connectivity index (χ1n) is 8.01. The molecule has 2 N–H and O–H groups in total. The predicted molar refractivity (Wildman–Crippen MR) is 92.5 cm³/mol. The fourth-order valence-corrected chi connectivity index (χ4v) is 1.98. The summed E-state index contributed by atoms with van der Waals surface area (Å²) in [7, 11) is 1.47. The molecule has 10 heteroatoms. The summed E-state index contributed by atoms with van der Waals surface area (Å²) >= 11 is 0. The third-order valence-corrected chi connectivity index (χ3v) is 3.42. The van der Waals surface area contributed by atoms with Crippen LogP contribution in [0.2, 0.25) is 0 Å². The first-order valence-corrected chi connectivity index (χ1v) is 8.01. The van der Waals surface area contributed by atoms with Gasteiger partial charge in [0.1, 0.15) is 0 Å². The molecular weight excluding hydrogens is 359 g/mol. The Hall–Kier alpha value is -3.27. The van der Waals surface area contributed by atoms with Crippen LogP contribution in [0.5, 0.6) is 5.75 Å². The van der Waals surface area contributed by atoms with Crippen LogP contribution in [0, 0.1) is 5.82 Å². The highest BCUT2D eigenvalue weighted by Gasteiger charge is 2.18. The van der Waals surface area contributed by atoms with Crippen molar-refractivity contribution in [1.82, 2.24) is 20.6 Å². The minimum absolute atomic E-state index is 0.0753. The lowest BCUT2D eigenvalue weighted by Gasteiger charge is -2.15. The normalized spacial score (nSPS) is 11.5. The Labute approximate surface area is 154 Å². The van der Waals surface area contributed by atoms with E-state index in [9.17, 15) is 18.8 Å². The molecule has 2 rings (SSSR count). The molecule has 0 aliphatic heterocycles. The number of benzene rings is 1. The monoisotopic (exact) mass is 378 g/mol. The summed E-state index contributed by atoms with van der Waals surface area (Å²) in [6.45, 7) is 1.83. The molecule has 1 aromatic carbocycles. The molecule has 1 aromatic heterocycles.